The van der Waals surface area contributed by atoms with Crippen LogP contribution >= 0.6 is 11.6 Å². The number of sulfonamides is 1. The summed E-state index contributed by atoms with van der Waals surface area (Å²) in [4.78, 5) is 15.9. The molecule has 27 heavy (non-hydrogen) atoms. The van der Waals surface area contributed by atoms with Gasteiger partial charge < -0.3 is 0 Å². The van der Waals surface area contributed by atoms with Crippen molar-refractivity contribution in [2.45, 2.75) is 12.8 Å². The standard InChI is InChI=1S/C18H17ClN4O3S/c1-27(25,26)22-17(24)7-4-14-12-23(16-8-10-20-11-9-16)21-18(14)13-2-5-15(19)6-3-13/h2-3,5-6,8-12H,4,7H2,1H3,(H,22,24). The Morgan fingerprint density at radius 1 is 1.15 bits per heavy atom. The average Bonchev–Trinajstić information content (AvgIpc) is 3.04. The number of carbonyl (C=O) groups excluding carboxylic acids is 1. The minimum absolute atomic E-state index is 0.0235. The summed E-state index contributed by atoms with van der Waals surface area (Å²) in [7, 11) is -3.57. The van der Waals surface area contributed by atoms with Crippen LogP contribution in [0.3, 0.4) is 0 Å². The van der Waals surface area contributed by atoms with Gasteiger partial charge in [0.05, 0.1) is 17.6 Å². The lowest BCUT2D eigenvalue weighted by Crippen LogP contribution is -2.29. The second-order valence-electron chi connectivity index (χ2n) is 5.96. The van der Waals surface area contributed by atoms with E-state index < -0.39 is 15.9 Å². The highest BCUT2D eigenvalue weighted by molar-refractivity contribution is 7.89. The Balaban J connectivity index is 1.92. The van der Waals surface area contributed by atoms with Crippen LogP contribution in [0.4, 0.5) is 0 Å². The molecule has 2 heterocycles. The second kappa shape index (κ2) is 7.89. The van der Waals surface area contributed by atoms with Crippen molar-refractivity contribution >= 4 is 27.5 Å². The number of benzene rings is 1. The van der Waals surface area contributed by atoms with Gasteiger partial charge >= 0.3 is 0 Å². The summed E-state index contributed by atoms with van der Waals surface area (Å²) in [5.74, 6) is -0.559. The number of rotatable bonds is 6. The number of pyridine rings is 1. The fourth-order valence-electron chi connectivity index (χ4n) is 2.58. The maximum atomic E-state index is 11.9. The van der Waals surface area contributed by atoms with Gasteiger partial charge in [0.1, 0.15) is 0 Å². The lowest BCUT2D eigenvalue weighted by Gasteiger charge is -2.04. The summed E-state index contributed by atoms with van der Waals surface area (Å²) >= 11 is 5.96. The molecule has 1 aromatic carbocycles. The fourth-order valence-corrected chi connectivity index (χ4v) is 3.22. The van der Waals surface area contributed by atoms with Crippen molar-refractivity contribution in [2.75, 3.05) is 6.26 Å². The van der Waals surface area contributed by atoms with E-state index in [2.05, 4.69) is 10.1 Å². The molecule has 0 aliphatic heterocycles. The minimum Gasteiger partial charge on any atom is -0.274 e. The molecule has 0 spiro atoms. The maximum absolute atomic E-state index is 11.9. The number of amides is 1. The van der Waals surface area contributed by atoms with Crippen molar-refractivity contribution in [1.82, 2.24) is 19.5 Å². The number of nitrogens with zero attached hydrogens (tertiary/aromatic N) is 3. The molecule has 3 aromatic rings. The summed E-state index contributed by atoms with van der Waals surface area (Å²) in [5, 5.41) is 5.24. The zero-order valence-corrected chi connectivity index (χ0v) is 16.0. The first-order chi connectivity index (χ1) is 12.8. The Kier molecular flexibility index (Phi) is 5.57. The molecule has 7 nitrogen and oxygen atoms in total. The van der Waals surface area contributed by atoms with Crippen LogP contribution in [0.2, 0.25) is 5.02 Å². The van der Waals surface area contributed by atoms with E-state index >= 15 is 0 Å². The van der Waals surface area contributed by atoms with Gasteiger partial charge in [-0.25, -0.2) is 13.1 Å². The van der Waals surface area contributed by atoms with Gasteiger partial charge in [-0.15, -0.1) is 0 Å². The third kappa shape index (κ3) is 5.15. The number of hydrogen-bond donors (Lipinski definition) is 1. The summed E-state index contributed by atoms with van der Waals surface area (Å²) < 4.78 is 26.1. The topological polar surface area (TPSA) is 94.0 Å². The lowest BCUT2D eigenvalue weighted by molar-refractivity contribution is -0.119. The number of carbonyl (C=O) groups is 1. The molecular formula is C18H17ClN4O3S. The van der Waals surface area contributed by atoms with Gasteiger partial charge in [0.2, 0.25) is 15.9 Å². The van der Waals surface area contributed by atoms with E-state index in [4.69, 9.17) is 11.6 Å². The van der Waals surface area contributed by atoms with E-state index in [1.165, 1.54) is 0 Å². The number of halogens is 1. The molecule has 0 radical (unpaired) electrons. The Labute approximate surface area is 162 Å². The van der Waals surface area contributed by atoms with Gasteiger partial charge in [0.15, 0.2) is 0 Å². The first-order valence-corrected chi connectivity index (χ1v) is 10.3. The molecular weight excluding hydrogens is 388 g/mol. The zero-order valence-electron chi connectivity index (χ0n) is 14.5. The maximum Gasteiger partial charge on any atom is 0.233 e. The first-order valence-electron chi connectivity index (χ1n) is 8.07. The number of aryl methyl sites for hydroxylation is 1. The molecule has 0 saturated carbocycles. The van der Waals surface area contributed by atoms with Crippen molar-refractivity contribution in [3.63, 3.8) is 0 Å². The highest BCUT2D eigenvalue weighted by atomic mass is 35.5. The van der Waals surface area contributed by atoms with E-state index in [9.17, 15) is 13.2 Å². The van der Waals surface area contributed by atoms with E-state index in [1.807, 2.05) is 35.2 Å². The Hall–Kier alpha value is -2.71. The SMILES string of the molecule is CS(=O)(=O)NC(=O)CCc1cn(-c2ccncc2)nc1-c1ccc(Cl)cc1. The second-order valence-corrected chi connectivity index (χ2v) is 8.14. The third-order valence-electron chi connectivity index (χ3n) is 3.76. The molecule has 140 valence electrons. The van der Waals surface area contributed by atoms with Crippen LogP contribution in [0.15, 0.2) is 55.0 Å². The van der Waals surface area contributed by atoms with Crippen LogP contribution in [0.1, 0.15) is 12.0 Å². The van der Waals surface area contributed by atoms with Crippen LogP contribution in [-0.2, 0) is 21.2 Å². The Morgan fingerprint density at radius 2 is 1.81 bits per heavy atom. The van der Waals surface area contributed by atoms with Crippen LogP contribution in [0.5, 0.6) is 0 Å². The minimum atomic E-state index is -3.57. The summed E-state index contributed by atoms with van der Waals surface area (Å²) in [6.07, 6.45) is 6.47. The van der Waals surface area contributed by atoms with Crippen LogP contribution in [-0.4, -0.2) is 35.3 Å². The van der Waals surface area contributed by atoms with Gasteiger partial charge in [-0.05, 0) is 36.2 Å². The van der Waals surface area contributed by atoms with Gasteiger partial charge in [0.25, 0.3) is 0 Å². The number of nitrogens with one attached hydrogen (secondary N) is 1. The lowest BCUT2D eigenvalue weighted by atomic mass is 10.0. The zero-order chi connectivity index (χ0) is 19.4. The van der Waals surface area contributed by atoms with E-state index in [1.54, 1.807) is 29.2 Å². The summed E-state index contributed by atoms with van der Waals surface area (Å²) in [6.45, 7) is 0. The highest BCUT2D eigenvalue weighted by Crippen LogP contribution is 2.26. The van der Waals surface area contributed by atoms with E-state index in [0.29, 0.717) is 17.1 Å². The molecule has 0 aliphatic carbocycles. The van der Waals surface area contributed by atoms with Gasteiger partial charge in [-0.1, -0.05) is 23.7 Å². The number of hydrogen-bond acceptors (Lipinski definition) is 5. The smallest absolute Gasteiger partial charge is 0.233 e. The van der Waals surface area contributed by atoms with Gasteiger partial charge in [0, 0.05) is 35.6 Å². The quantitative estimate of drug-likeness (QED) is 0.681. The summed E-state index contributed by atoms with van der Waals surface area (Å²) in [6, 6.07) is 10.9. The molecule has 0 aliphatic rings. The molecule has 1 N–H and O–H groups in total. The Morgan fingerprint density at radius 3 is 2.44 bits per heavy atom. The molecule has 0 atom stereocenters. The highest BCUT2D eigenvalue weighted by Gasteiger charge is 2.15. The van der Waals surface area contributed by atoms with Crippen LogP contribution in [0, 0.1) is 0 Å². The largest absolute Gasteiger partial charge is 0.274 e. The molecule has 0 fully saturated rings. The van der Waals surface area contributed by atoms with E-state index in [-0.39, 0.29) is 6.42 Å². The van der Waals surface area contributed by atoms with Crippen molar-refractivity contribution in [3.8, 4) is 16.9 Å². The number of aromatic nitrogens is 3. The van der Waals surface area contributed by atoms with Crippen LogP contribution < -0.4 is 4.72 Å². The van der Waals surface area contributed by atoms with Crippen molar-refractivity contribution in [1.29, 1.82) is 0 Å². The molecule has 0 bridgehead atoms. The van der Waals surface area contributed by atoms with Crippen molar-refractivity contribution < 1.29 is 13.2 Å². The fraction of sp³-hybridized carbons (Fsp3) is 0.167. The molecule has 2 aromatic heterocycles. The molecule has 0 saturated heterocycles. The normalized spacial score (nSPS) is 11.3. The van der Waals surface area contributed by atoms with Crippen LogP contribution in [0.25, 0.3) is 16.9 Å². The molecule has 1 amide bonds. The van der Waals surface area contributed by atoms with Gasteiger partial charge in [-0.2, -0.15) is 5.10 Å². The third-order valence-corrected chi connectivity index (χ3v) is 4.61. The van der Waals surface area contributed by atoms with E-state index in [0.717, 1.165) is 23.1 Å². The monoisotopic (exact) mass is 404 g/mol. The molecule has 3 rings (SSSR count). The molecule has 9 heteroatoms. The Bertz CT molecular complexity index is 1050. The van der Waals surface area contributed by atoms with Gasteiger partial charge in [-0.3, -0.25) is 14.5 Å². The molecule has 0 unspecified atom stereocenters. The summed E-state index contributed by atoms with van der Waals surface area (Å²) in [5.41, 5.74) is 3.20. The van der Waals surface area contributed by atoms with Crippen molar-refractivity contribution in [3.05, 3.63) is 65.6 Å². The predicted octanol–water partition coefficient (Wildman–Crippen LogP) is 2.60. The average molecular weight is 405 g/mol. The van der Waals surface area contributed by atoms with Crippen molar-refractivity contribution in [2.24, 2.45) is 0 Å². The predicted molar refractivity (Wildman–Crippen MR) is 103 cm³/mol. The first kappa shape index (κ1) is 19.1.